The quantitative estimate of drug-likeness (QED) is 0.405. The van der Waals surface area contributed by atoms with Crippen molar-refractivity contribution in [1.29, 1.82) is 0 Å². The molecule has 0 radical (unpaired) electrons. The Hall–Kier alpha value is -0.860. The maximum absolute atomic E-state index is 12.0. The standard InChI is InChI=1S/C18H24BrN3O2S2/c1-5-12-13(6-2)15(26-14(12)11-8-9-11)22-17(19)20-21-18(22)25-10(4)16(23)24-7-3/h10-11H,5-9H2,1-4H3. The Balaban J connectivity index is 2.00. The zero-order valence-electron chi connectivity index (χ0n) is 15.5. The Morgan fingerprint density at radius 3 is 2.58 bits per heavy atom. The van der Waals surface area contributed by atoms with Gasteiger partial charge in [-0.3, -0.25) is 9.36 Å². The number of hydrogen-bond donors (Lipinski definition) is 0. The summed E-state index contributed by atoms with van der Waals surface area (Å²) in [5.41, 5.74) is 2.87. The van der Waals surface area contributed by atoms with Crippen LogP contribution in [0.1, 0.15) is 62.5 Å². The first-order valence-electron chi connectivity index (χ1n) is 9.10. The summed E-state index contributed by atoms with van der Waals surface area (Å²) in [7, 11) is 0. The molecule has 2 aromatic rings. The van der Waals surface area contributed by atoms with Crippen LogP contribution < -0.4 is 0 Å². The molecule has 1 atom stereocenters. The fourth-order valence-corrected chi connectivity index (χ4v) is 6.30. The summed E-state index contributed by atoms with van der Waals surface area (Å²) in [4.78, 5) is 13.5. The van der Waals surface area contributed by atoms with Crippen LogP contribution in [0.5, 0.6) is 0 Å². The van der Waals surface area contributed by atoms with Crippen molar-refractivity contribution >= 4 is 45.0 Å². The van der Waals surface area contributed by atoms with E-state index in [1.54, 1.807) is 0 Å². The van der Waals surface area contributed by atoms with Crippen LogP contribution in [-0.4, -0.2) is 32.6 Å². The highest BCUT2D eigenvalue weighted by molar-refractivity contribution is 9.10. The van der Waals surface area contributed by atoms with E-state index in [9.17, 15) is 4.79 Å². The molecule has 1 unspecified atom stereocenters. The monoisotopic (exact) mass is 457 g/mol. The summed E-state index contributed by atoms with van der Waals surface area (Å²) in [5, 5.41) is 10.1. The number of nitrogens with zero attached hydrogens (tertiary/aromatic N) is 3. The van der Waals surface area contributed by atoms with Gasteiger partial charge in [0.2, 0.25) is 4.73 Å². The summed E-state index contributed by atoms with van der Waals surface area (Å²) in [6, 6.07) is 0. The molecule has 2 aromatic heterocycles. The summed E-state index contributed by atoms with van der Waals surface area (Å²) in [5.74, 6) is 0.497. The molecule has 1 saturated carbocycles. The van der Waals surface area contributed by atoms with E-state index in [2.05, 4.69) is 44.5 Å². The second-order valence-corrected chi connectivity index (χ2v) is 9.36. The number of thioether (sulfide) groups is 1. The van der Waals surface area contributed by atoms with E-state index >= 15 is 0 Å². The second kappa shape index (κ2) is 8.44. The topological polar surface area (TPSA) is 57.0 Å². The molecule has 1 fully saturated rings. The minimum Gasteiger partial charge on any atom is -0.465 e. The van der Waals surface area contributed by atoms with Crippen LogP contribution in [0.15, 0.2) is 9.89 Å². The van der Waals surface area contributed by atoms with Crippen LogP contribution in [0.3, 0.4) is 0 Å². The largest absolute Gasteiger partial charge is 0.465 e. The van der Waals surface area contributed by atoms with Crippen molar-refractivity contribution < 1.29 is 9.53 Å². The number of rotatable bonds is 8. The molecular formula is C18H24BrN3O2S2. The number of hydrogen-bond acceptors (Lipinski definition) is 6. The van der Waals surface area contributed by atoms with E-state index in [-0.39, 0.29) is 11.2 Å². The SMILES string of the molecule is CCOC(=O)C(C)Sc1nnc(Br)n1-c1sc(C2CC2)c(CC)c1CC. The molecule has 0 bridgehead atoms. The fourth-order valence-electron chi connectivity index (χ4n) is 3.08. The predicted molar refractivity (Wildman–Crippen MR) is 110 cm³/mol. The minimum atomic E-state index is -0.330. The number of thiophene rings is 1. The van der Waals surface area contributed by atoms with Gasteiger partial charge >= 0.3 is 5.97 Å². The third kappa shape index (κ3) is 3.87. The molecule has 0 aliphatic heterocycles. The van der Waals surface area contributed by atoms with Gasteiger partial charge in [-0.05, 0) is 72.5 Å². The van der Waals surface area contributed by atoms with Gasteiger partial charge in [-0.1, -0.05) is 25.6 Å². The molecule has 0 spiro atoms. The zero-order chi connectivity index (χ0) is 18.8. The number of halogens is 1. The van der Waals surface area contributed by atoms with Gasteiger partial charge in [-0.25, -0.2) is 0 Å². The summed E-state index contributed by atoms with van der Waals surface area (Å²) < 4.78 is 7.86. The van der Waals surface area contributed by atoms with Gasteiger partial charge in [-0.15, -0.1) is 21.5 Å². The van der Waals surface area contributed by atoms with Gasteiger partial charge < -0.3 is 4.74 Å². The van der Waals surface area contributed by atoms with Gasteiger partial charge in [0.05, 0.1) is 6.61 Å². The Morgan fingerprint density at radius 1 is 1.31 bits per heavy atom. The zero-order valence-corrected chi connectivity index (χ0v) is 18.8. The smallest absolute Gasteiger partial charge is 0.319 e. The predicted octanol–water partition coefficient (Wildman–Crippen LogP) is 5.14. The Bertz CT molecular complexity index is 799. The molecule has 0 amide bonds. The highest BCUT2D eigenvalue weighted by Gasteiger charge is 2.32. The van der Waals surface area contributed by atoms with E-state index in [4.69, 9.17) is 4.74 Å². The fraction of sp³-hybridized carbons (Fsp3) is 0.611. The Kier molecular flexibility index (Phi) is 6.45. The van der Waals surface area contributed by atoms with Crippen molar-refractivity contribution in [2.24, 2.45) is 0 Å². The molecule has 142 valence electrons. The van der Waals surface area contributed by atoms with E-state index in [1.807, 2.05) is 25.2 Å². The number of ether oxygens (including phenoxy) is 1. The van der Waals surface area contributed by atoms with Gasteiger partial charge in [0.15, 0.2) is 5.16 Å². The van der Waals surface area contributed by atoms with Gasteiger partial charge in [0, 0.05) is 4.88 Å². The molecular weight excluding hydrogens is 434 g/mol. The van der Waals surface area contributed by atoms with E-state index in [1.165, 1.54) is 45.6 Å². The van der Waals surface area contributed by atoms with Crippen LogP contribution in [0.25, 0.3) is 5.00 Å². The number of esters is 1. The average Bonchev–Trinajstić information content (AvgIpc) is 3.32. The first-order chi connectivity index (χ1) is 12.5. The lowest BCUT2D eigenvalue weighted by Gasteiger charge is -2.12. The van der Waals surface area contributed by atoms with Crippen molar-refractivity contribution in [2.45, 2.75) is 69.7 Å². The molecule has 1 aliphatic rings. The van der Waals surface area contributed by atoms with Crippen LogP contribution in [0, 0.1) is 0 Å². The molecule has 1 aliphatic carbocycles. The molecule has 0 N–H and O–H groups in total. The third-order valence-electron chi connectivity index (χ3n) is 4.48. The molecule has 8 heteroatoms. The van der Waals surface area contributed by atoms with Crippen molar-refractivity contribution in [3.63, 3.8) is 0 Å². The average molecular weight is 458 g/mol. The summed E-state index contributed by atoms with van der Waals surface area (Å²) in [6.45, 7) is 8.48. The van der Waals surface area contributed by atoms with E-state index in [0.717, 1.165) is 23.9 Å². The lowest BCUT2D eigenvalue weighted by molar-refractivity contribution is -0.142. The first-order valence-corrected chi connectivity index (χ1v) is 11.6. The number of aromatic nitrogens is 3. The number of carbonyl (C=O) groups is 1. The van der Waals surface area contributed by atoms with Crippen LogP contribution in [-0.2, 0) is 22.4 Å². The minimum absolute atomic E-state index is 0.224. The third-order valence-corrected chi connectivity index (χ3v) is 7.44. The van der Waals surface area contributed by atoms with Gasteiger partial charge in [0.1, 0.15) is 10.3 Å². The number of carbonyl (C=O) groups excluding carboxylic acids is 1. The molecule has 26 heavy (non-hydrogen) atoms. The first kappa shape index (κ1) is 19.9. The van der Waals surface area contributed by atoms with Gasteiger partial charge in [0.25, 0.3) is 0 Å². The molecule has 3 rings (SSSR count). The van der Waals surface area contributed by atoms with Crippen LogP contribution >= 0.6 is 39.0 Å². The highest BCUT2D eigenvalue weighted by atomic mass is 79.9. The molecule has 0 saturated heterocycles. The molecule has 5 nitrogen and oxygen atoms in total. The highest BCUT2D eigenvalue weighted by Crippen LogP contribution is 2.49. The van der Waals surface area contributed by atoms with Crippen molar-refractivity contribution in [3.05, 3.63) is 20.7 Å². The summed E-state index contributed by atoms with van der Waals surface area (Å²) >= 11 is 6.80. The van der Waals surface area contributed by atoms with E-state index < -0.39 is 0 Å². The van der Waals surface area contributed by atoms with Crippen molar-refractivity contribution in [3.8, 4) is 5.00 Å². The van der Waals surface area contributed by atoms with Gasteiger partial charge in [-0.2, -0.15) is 0 Å². The molecule has 2 heterocycles. The van der Waals surface area contributed by atoms with Crippen LogP contribution in [0.2, 0.25) is 0 Å². The second-order valence-electron chi connectivity index (χ2n) is 6.31. The summed E-state index contributed by atoms with van der Waals surface area (Å²) in [6.07, 6.45) is 4.61. The molecule has 0 aromatic carbocycles. The van der Waals surface area contributed by atoms with Crippen molar-refractivity contribution in [2.75, 3.05) is 6.61 Å². The maximum Gasteiger partial charge on any atom is 0.319 e. The Labute approximate surface area is 171 Å². The van der Waals surface area contributed by atoms with Crippen LogP contribution in [0.4, 0.5) is 0 Å². The maximum atomic E-state index is 12.0. The lowest BCUT2D eigenvalue weighted by atomic mass is 10.0. The van der Waals surface area contributed by atoms with E-state index in [0.29, 0.717) is 11.3 Å². The Morgan fingerprint density at radius 2 is 2.00 bits per heavy atom. The normalized spacial score (nSPS) is 15.3. The lowest BCUT2D eigenvalue weighted by Crippen LogP contribution is -2.17. The van der Waals surface area contributed by atoms with Crippen molar-refractivity contribution in [1.82, 2.24) is 14.8 Å².